The van der Waals surface area contributed by atoms with Crippen molar-refractivity contribution >= 4 is 10.0 Å². The highest BCUT2D eigenvalue weighted by Crippen LogP contribution is 2.09. The Morgan fingerprint density at radius 3 is 2.75 bits per heavy atom. The molecule has 0 saturated heterocycles. The number of aliphatic hydroxyl groups is 1. The lowest BCUT2D eigenvalue weighted by Crippen LogP contribution is -2.28. The monoisotopic (exact) mass is 247 g/mol. The van der Waals surface area contributed by atoms with Gasteiger partial charge in [0.05, 0.1) is 18.6 Å². The topological polar surface area (TPSA) is 70.8 Å². The van der Waals surface area contributed by atoms with E-state index in [4.69, 9.17) is 9.52 Å². The minimum Gasteiger partial charge on any atom is -0.468 e. The molecule has 0 unspecified atom stereocenters. The van der Waals surface area contributed by atoms with Crippen LogP contribution in [0.1, 0.15) is 18.6 Å². The zero-order chi connectivity index (χ0) is 12.0. The summed E-state index contributed by atoms with van der Waals surface area (Å²) in [6, 6.07) is 3.46. The number of unbranched alkanes of at least 4 members (excludes halogenated alkanes) is 1. The highest BCUT2D eigenvalue weighted by atomic mass is 32.2. The minimum atomic E-state index is -3.25. The summed E-state index contributed by atoms with van der Waals surface area (Å²) in [5.74, 6) is 0.679. The van der Waals surface area contributed by atoms with Crippen molar-refractivity contribution in [2.45, 2.75) is 19.4 Å². The van der Waals surface area contributed by atoms with Crippen LogP contribution in [-0.2, 0) is 16.6 Å². The fourth-order valence-corrected chi connectivity index (χ4v) is 2.48. The van der Waals surface area contributed by atoms with Gasteiger partial charge in [-0.25, -0.2) is 8.42 Å². The number of hydrogen-bond donors (Lipinski definition) is 1. The maximum atomic E-state index is 11.7. The molecule has 92 valence electrons. The molecule has 5 nitrogen and oxygen atoms in total. The Morgan fingerprint density at radius 2 is 2.19 bits per heavy atom. The van der Waals surface area contributed by atoms with Crippen molar-refractivity contribution in [1.82, 2.24) is 4.31 Å². The van der Waals surface area contributed by atoms with Crippen molar-refractivity contribution < 1.29 is 17.9 Å². The third-order valence-corrected chi connectivity index (χ3v) is 4.13. The molecular formula is C10H17NO4S. The molecule has 1 N–H and O–H groups in total. The molecule has 16 heavy (non-hydrogen) atoms. The molecule has 1 heterocycles. The van der Waals surface area contributed by atoms with Crippen LogP contribution in [0.4, 0.5) is 0 Å². The van der Waals surface area contributed by atoms with Crippen LogP contribution in [0, 0.1) is 0 Å². The number of rotatable bonds is 7. The van der Waals surface area contributed by atoms with E-state index in [-0.39, 0.29) is 18.9 Å². The summed E-state index contributed by atoms with van der Waals surface area (Å²) in [5.41, 5.74) is 0. The molecule has 0 fully saturated rings. The predicted octanol–water partition coefficient (Wildman–Crippen LogP) is 0.814. The summed E-state index contributed by atoms with van der Waals surface area (Å²) in [4.78, 5) is 0. The average molecular weight is 247 g/mol. The highest BCUT2D eigenvalue weighted by molar-refractivity contribution is 7.89. The number of furan rings is 1. The normalized spacial score (nSPS) is 12.2. The predicted molar refractivity (Wildman–Crippen MR) is 60.3 cm³/mol. The number of sulfonamides is 1. The smallest absolute Gasteiger partial charge is 0.214 e. The third-order valence-electron chi connectivity index (χ3n) is 2.24. The lowest BCUT2D eigenvalue weighted by atomic mass is 10.4. The number of nitrogens with zero attached hydrogens (tertiary/aromatic N) is 1. The molecule has 0 aliphatic carbocycles. The van der Waals surface area contributed by atoms with E-state index in [2.05, 4.69) is 0 Å². The summed E-state index contributed by atoms with van der Waals surface area (Å²) in [5, 5.41) is 8.59. The molecule has 1 aromatic rings. The van der Waals surface area contributed by atoms with Crippen molar-refractivity contribution in [2.75, 3.05) is 19.4 Å². The van der Waals surface area contributed by atoms with E-state index in [0.717, 1.165) is 0 Å². The fraction of sp³-hybridized carbons (Fsp3) is 0.600. The van der Waals surface area contributed by atoms with Crippen LogP contribution in [0.3, 0.4) is 0 Å². The lowest BCUT2D eigenvalue weighted by Gasteiger charge is -2.15. The SMILES string of the molecule is CN(Cc1ccco1)S(=O)(=O)CCCCO. The van der Waals surface area contributed by atoms with Crippen LogP contribution in [-0.4, -0.2) is 37.2 Å². The number of hydrogen-bond acceptors (Lipinski definition) is 4. The summed E-state index contributed by atoms with van der Waals surface area (Å²) in [6.45, 7) is 0.270. The van der Waals surface area contributed by atoms with Gasteiger partial charge >= 0.3 is 0 Å². The van der Waals surface area contributed by atoms with Gasteiger partial charge in [0.2, 0.25) is 10.0 Å². The van der Waals surface area contributed by atoms with E-state index in [0.29, 0.717) is 18.6 Å². The lowest BCUT2D eigenvalue weighted by molar-refractivity contribution is 0.287. The first kappa shape index (κ1) is 13.2. The third kappa shape index (κ3) is 3.96. The van der Waals surface area contributed by atoms with Gasteiger partial charge in [-0.05, 0) is 25.0 Å². The standard InChI is InChI=1S/C10H17NO4S/c1-11(9-10-5-4-7-15-10)16(13,14)8-3-2-6-12/h4-5,7,12H,2-3,6,8-9H2,1H3. The van der Waals surface area contributed by atoms with Gasteiger partial charge in [-0.15, -0.1) is 0 Å². The van der Waals surface area contributed by atoms with Gasteiger partial charge in [0.1, 0.15) is 5.76 Å². The molecule has 6 heteroatoms. The summed E-state index contributed by atoms with van der Waals surface area (Å²) in [6.07, 6.45) is 2.50. The Bertz CT molecular complexity index is 385. The quantitative estimate of drug-likeness (QED) is 0.724. The largest absolute Gasteiger partial charge is 0.468 e. The Balaban J connectivity index is 2.48. The van der Waals surface area contributed by atoms with Crippen LogP contribution in [0.25, 0.3) is 0 Å². The summed E-state index contributed by atoms with van der Waals surface area (Å²) in [7, 11) is -1.72. The summed E-state index contributed by atoms with van der Waals surface area (Å²) < 4.78 is 29.8. The van der Waals surface area contributed by atoms with Gasteiger partial charge < -0.3 is 9.52 Å². The average Bonchev–Trinajstić information content (AvgIpc) is 2.70. The molecule has 0 saturated carbocycles. The van der Waals surface area contributed by atoms with E-state index >= 15 is 0 Å². The Kier molecular flexibility index (Phi) is 4.98. The van der Waals surface area contributed by atoms with Crippen molar-refractivity contribution in [3.63, 3.8) is 0 Å². The molecule has 0 bridgehead atoms. The molecule has 1 aromatic heterocycles. The second-order valence-corrected chi connectivity index (χ2v) is 5.78. The van der Waals surface area contributed by atoms with E-state index in [1.54, 1.807) is 12.1 Å². The first-order chi connectivity index (χ1) is 7.56. The molecule has 0 aliphatic heterocycles. The van der Waals surface area contributed by atoms with Crippen molar-refractivity contribution in [3.8, 4) is 0 Å². The highest BCUT2D eigenvalue weighted by Gasteiger charge is 2.18. The maximum Gasteiger partial charge on any atom is 0.214 e. The zero-order valence-electron chi connectivity index (χ0n) is 9.30. The van der Waals surface area contributed by atoms with Crippen molar-refractivity contribution in [2.24, 2.45) is 0 Å². The van der Waals surface area contributed by atoms with Gasteiger partial charge in [-0.1, -0.05) is 0 Å². The van der Waals surface area contributed by atoms with Crippen LogP contribution in [0.15, 0.2) is 22.8 Å². The molecule has 0 radical (unpaired) electrons. The molecular weight excluding hydrogens is 230 g/mol. The Labute approximate surface area is 95.7 Å². The molecule has 0 aromatic carbocycles. The van der Waals surface area contributed by atoms with E-state index < -0.39 is 10.0 Å². The van der Waals surface area contributed by atoms with Crippen molar-refractivity contribution in [1.29, 1.82) is 0 Å². The van der Waals surface area contributed by atoms with Gasteiger partial charge in [0, 0.05) is 13.7 Å². The second-order valence-electron chi connectivity index (χ2n) is 3.58. The van der Waals surface area contributed by atoms with Crippen LogP contribution < -0.4 is 0 Å². The van der Waals surface area contributed by atoms with Gasteiger partial charge in [-0.2, -0.15) is 4.31 Å². The number of aliphatic hydroxyl groups excluding tert-OH is 1. The van der Waals surface area contributed by atoms with E-state index in [9.17, 15) is 8.42 Å². The fourth-order valence-electron chi connectivity index (χ4n) is 1.27. The van der Waals surface area contributed by atoms with Crippen LogP contribution in [0.2, 0.25) is 0 Å². The van der Waals surface area contributed by atoms with E-state index in [1.165, 1.54) is 17.6 Å². The molecule has 0 amide bonds. The molecule has 1 rings (SSSR count). The zero-order valence-corrected chi connectivity index (χ0v) is 10.1. The van der Waals surface area contributed by atoms with Gasteiger partial charge in [0.25, 0.3) is 0 Å². The van der Waals surface area contributed by atoms with Crippen molar-refractivity contribution in [3.05, 3.63) is 24.2 Å². The maximum absolute atomic E-state index is 11.7. The molecule has 0 aliphatic rings. The minimum absolute atomic E-state index is 0.0252. The first-order valence-corrected chi connectivity index (χ1v) is 6.74. The Hall–Kier alpha value is -0.850. The second kappa shape index (κ2) is 6.03. The van der Waals surface area contributed by atoms with Crippen LogP contribution in [0.5, 0.6) is 0 Å². The Morgan fingerprint density at radius 1 is 1.44 bits per heavy atom. The van der Waals surface area contributed by atoms with Crippen LogP contribution >= 0.6 is 0 Å². The molecule has 0 atom stereocenters. The van der Waals surface area contributed by atoms with Gasteiger partial charge in [-0.3, -0.25) is 0 Å². The molecule has 0 spiro atoms. The van der Waals surface area contributed by atoms with Gasteiger partial charge in [0.15, 0.2) is 0 Å². The van der Waals surface area contributed by atoms with E-state index in [1.807, 2.05) is 0 Å². The summed E-state index contributed by atoms with van der Waals surface area (Å²) >= 11 is 0. The first-order valence-electron chi connectivity index (χ1n) is 5.13.